The van der Waals surface area contributed by atoms with Gasteiger partial charge in [0.2, 0.25) is 0 Å². The predicted octanol–water partition coefficient (Wildman–Crippen LogP) is 21.1. The number of rotatable bonds is 8. The summed E-state index contributed by atoms with van der Waals surface area (Å²) in [6, 6.07) is 76.1. The minimum atomic E-state index is -0.168. The minimum Gasteiger partial charge on any atom is -0.335 e. The molecule has 1 saturated carbocycles. The maximum atomic E-state index is 2.89. The Balaban J connectivity index is 1.16. The first-order valence-corrected chi connectivity index (χ1v) is 32.3. The van der Waals surface area contributed by atoms with E-state index in [1.165, 1.54) is 96.5 Å². The molecule has 9 aromatic carbocycles. The highest BCUT2D eigenvalue weighted by atomic mass is 15.3. The number of benzene rings is 9. The van der Waals surface area contributed by atoms with E-state index in [2.05, 4.69) is 331 Å². The van der Waals surface area contributed by atoms with Crippen LogP contribution in [0, 0.1) is 0 Å². The van der Waals surface area contributed by atoms with E-state index in [4.69, 9.17) is 0 Å². The first kappa shape index (κ1) is 58.3. The van der Waals surface area contributed by atoms with E-state index in [9.17, 15) is 0 Å². The van der Waals surface area contributed by atoms with Gasteiger partial charge in [0.15, 0.2) is 0 Å². The first-order chi connectivity index (χ1) is 41.0. The smallest absolute Gasteiger partial charge is 0.252 e. The maximum Gasteiger partial charge on any atom is 0.252 e. The molecular formula is C82H91BN4. The first-order valence-electron chi connectivity index (χ1n) is 32.3. The molecule has 4 aliphatic rings. The number of fused-ring (bicyclic) bond motifs is 7. The molecule has 3 heterocycles. The molecule has 0 amide bonds. The van der Waals surface area contributed by atoms with Crippen LogP contribution in [0.3, 0.4) is 0 Å². The van der Waals surface area contributed by atoms with Crippen molar-refractivity contribution in [3.8, 4) is 11.1 Å². The number of anilines is 11. The van der Waals surface area contributed by atoms with Crippen molar-refractivity contribution in [2.45, 2.75) is 181 Å². The highest BCUT2D eigenvalue weighted by Crippen LogP contribution is 2.63. The second-order valence-corrected chi connectivity index (χ2v) is 31.5. The van der Waals surface area contributed by atoms with Crippen molar-refractivity contribution in [3.05, 3.63) is 228 Å². The van der Waals surface area contributed by atoms with Gasteiger partial charge in [-0.3, -0.25) is 0 Å². The van der Waals surface area contributed by atoms with Gasteiger partial charge in [-0.1, -0.05) is 233 Å². The van der Waals surface area contributed by atoms with Crippen LogP contribution in [-0.4, -0.2) is 12.3 Å². The molecule has 2 unspecified atom stereocenters. The van der Waals surface area contributed by atoms with Crippen LogP contribution in [-0.2, 0) is 32.5 Å². The summed E-state index contributed by atoms with van der Waals surface area (Å²) in [4.78, 5) is 10.6. The number of hydrogen-bond donors (Lipinski definition) is 0. The number of hydrogen-bond acceptors (Lipinski definition) is 4. The van der Waals surface area contributed by atoms with Gasteiger partial charge in [0.25, 0.3) is 6.71 Å². The van der Waals surface area contributed by atoms with E-state index in [1.54, 1.807) is 0 Å². The van der Waals surface area contributed by atoms with Crippen molar-refractivity contribution in [2.24, 2.45) is 0 Å². The fourth-order valence-electron chi connectivity index (χ4n) is 15.2. The van der Waals surface area contributed by atoms with Crippen molar-refractivity contribution in [1.82, 2.24) is 0 Å². The van der Waals surface area contributed by atoms with Crippen LogP contribution in [0.2, 0.25) is 0 Å². The molecule has 1 aliphatic carbocycles. The standard InChI is InChI=1S/C82H91BN4/c1-76(2,3)55-28-37-60(38-29-55)84(61-39-30-56(31-40-61)77(4,5)6)64-45-46-68-71(51-64)86(70-47-36-59(80(13,14)15)50-66(70)54-24-19-18-20-25-54)72-52-65(85(62-41-32-57(33-42-62)78(7,8)9)63-43-34-58(35-44-63)79(10,11)12)53-73-74(72)83(68)69-27-23-26-67-75(69)87(73)82(17)49-22-21-48-81(67,82)16/h18-20,23-47,50-53H,21-22,48-49H2,1-17H3. The topological polar surface area (TPSA) is 13.0 Å². The largest absolute Gasteiger partial charge is 0.335 e. The Morgan fingerprint density at radius 3 is 1.30 bits per heavy atom. The minimum absolute atomic E-state index is 0.00125. The molecule has 9 aromatic rings. The van der Waals surface area contributed by atoms with Crippen LogP contribution in [0.25, 0.3) is 11.1 Å². The van der Waals surface area contributed by atoms with Crippen molar-refractivity contribution >= 4 is 85.7 Å². The van der Waals surface area contributed by atoms with Gasteiger partial charge in [-0.05, 0) is 187 Å². The van der Waals surface area contributed by atoms with Crippen LogP contribution in [0.5, 0.6) is 0 Å². The highest BCUT2D eigenvalue weighted by molar-refractivity contribution is 7.00. The summed E-state index contributed by atoms with van der Waals surface area (Å²) in [5.41, 5.74) is 27.3. The van der Waals surface area contributed by atoms with Crippen molar-refractivity contribution in [3.63, 3.8) is 0 Å². The van der Waals surface area contributed by atoms with Gasteiger partial charge in [0.05, 0.1) is 16.9 Å². The normalized spacial score (nSPS) is 18.0. The Hall–Kier alpha value is -7.76. The Morgan fingerprint density at radius 2 is 0.805 bits per heavy atom. The summed E-state index contributed by atoms with van der Waals surface area (Å²) in [6.07, 6.45) is 4.71. The Labute approximate surface area is 522 Å². The van der Waals surface area contributed by atoms with Crippen LogP contribution in [0.4, 0.5) is 62.6 Å². The summed E-state index contributed by atoms with van der Waals surface area (Å²) in [6.45, 7) is 39.9. The van der Waals surface area contributed by atoms with Gasteiger partial charge in [0.1, 0.15) is 0 Å². The summed E-state index contributed by atoms with van der Waals surface area (Å²) < 4.78 is 0. The molecule has 0 N–H and O–H groups in total. The average Bonchev–Trinajstić information content (AvgIpc) is 1.57. The third-order valence-corrected chi connectivity index (χ3v) is 20.6. The van der Waals surface area contributed by atoms with Crippen LogP contribution >= 0.6 is 0 Å². The van der Waals surface area contributed by atoms with Gasteiger partial charge < -0.3 is 19.6 Å². The molecule has 0 radical (unpaired) electrons. The zero-order valence-electron chi connectivity index (χ0n) is 55.2. The van der Waals surface area contributed by atoms with Gasteiger partial charge in [0, 0.05) is 62.2 Å². The predicted molar refractivity (Wildman–Crippen MR) is 377 cm³/mol. The summed E-state index contributed by atoms with van der Waals surface area (Å²) in [7, 11) is 0. The van der Waals surface area contributed by atoms with Crippen molar-refractivity contribution in [2.75, 3.05) is 19.6 Å². The Morgan fingerprint density at radius 1 is 0.368 bits per heavy atom. The Kier molecular flexibility index (Phi) is 13.7. The highest BCUT2D eigenvalue weighted by Gasteiger charge is 2.61. The lowest BCUT2D eigenvalue weighted by atomic mass is 9.33. The molecule has 3 aliphatic heterocycles. The summed E-state index contributed by atoms with van der Waals surface area (Å²) in [5.74, 6) is 0. The van der Waals surface area contributed by atoms with E-state index in [-0.39, 0.29) is 44.7 Å². The molecule has 1 fully saturated rings. The SMILES string of the molecule is CC(C)(C)c1ccc(N(c2ccc(C(C)(C)C)cc2)c2ccc3c(c2)N(c2ccc(C(C)(C)C)cc2-c2ccccc2)c2cc(N(c4ccc(C(C)(C)C)cc4)c4ccc(C(C)(C)C)cc4)cc4c2B3c2cccc3c2N4C2(C)CCCCC32C)cc1. The zero-order chi connectivity index (χ0) is 61.5. The van der Waals surface area contributed by atoms with Gasteiger partial charge in [-0.25, -0.2) is 0 Å². The Bertz CT molecular complexity index is 3970. The molecule has 0 aromatic heterocycles. The zero-order valence-corrected chi connectivity index (χ0v) is 55.2. The van der Waals surface area contributed by atoms with E-state index < -0.39 is 0 Å². The average molecular weight is 1140 g/mol. The van der Waals surface area contributed by atoms with Crippen LogP contribution in [0.15, 0.2) is 194 Å². The lowest BCUT2D eigenvalue weighted by Crippen LogP contribution is -2.64. The molecule has 0 bridgehead atoms. The lowest BCUT2D eigenvalue weighted by molar-refractivity contribution is 0.195. The van der Waals surface area contributed by atoms with Gasteiger partial charge >= 0.3 is 0 Å². The fourth-order valence-corrected chi connectivity index (χ4v) is 15.2. The van der Waals surface area contributed by atoms with E-state index in [0.717, 1.165) is 52.7 Å². The number of nitrogens with zero attached hydrogens (tertiary/aromatic N) is 4. The van der Waals surface area contributed by atoms with Crippen LogP contribution < -0.4 is 36.0 Å². The van der Waals surface area contributed by atoms with E-state index >= 15 is 0 Å². The monoisotopic (exact) mass is 1140 g/mol. The molecule has 13 rings (SSSR count). The maximum absolute atomic E-state index is 2.89. The fraction of sp³-hybridized carbons (Fsp3) is 0.341. The molecule has 442 valence electrons. The molecular weight excluding hydrogens is 1050 g/mol. The number of para-hydroxylation sites is 1. The summed E-state index contributed by atoms with van der Waals surface area (Å²) >= 11 is 0. The van der Waals surface area contributed by atoms with Crippen molar-refractivity contribution < 1.29 is 0 Å². The van der Waals surface area contributed by atoms with Gasteiger partial charge in [-0.2, -0.15) is 0 Å². The lowest BCUT2D eigenvalue weighted by Gasteiger charge is -2.53. The second kappa shape index (κ2) is 20.4. The summed E-state index contributed by atoms with van der Waals surface area (Å²) in [5, 5.41) is 0. The van der Waals surface area contributed by atoms with Crippen molar-refractivity contribution in [1.29, 1.82) is 0 Å². The molecule has 5 heteroatoms. The molecule has 0 spiro atoms. The van der Waals surface area contributed by atoms with E-state index in [1.807, 2.05) is 0 Å². The third kappa shape index (κ3) is 9.73. The second-order valence-electron chi connectivity index (χ2n) is 31.5. The quantitative estimate of drug-likeness (QED) is 0.141. The van der Waals surface area contributed by atoms with Gasteiger partial charge in [-0.15, -0.1) is 0 Å². The molecule has 4 nitrogen and oxygen atoms in total. The molecule has 0 saturated heterocycles. The molecule has 87 heavy (non-hydrogen) atoms. The van der Waals surface area contributed by atoms with E-state index in [0.29, 0.717) is 0 Å². The molecule has 2 atom stereocenters. The third-order valence-electron chi connectivity index (χ3n) is 20.6. The van der Waals surface area contributed by atoms with Crippen LogP contribution in [0.1, 0.15) is 177 Å².